The highest BCUT2D eigenvalue weighted by molar-refractivity contribution is 7.10. The summed E-state index contributed by atoms with van der Waals surface area (Å²) >= 11 is 1.74. The molecule has 0 saturated heterocycles. The maximum Gasteiger partial charge on any atom is 0.129 e. The summed E-state index contributed by atoms with van der Waals surface area (Å²) in [5.74, 6) is 3.10. The van der Waals surface area contributed by atoms with Crippen LogP contribution in [0.4, 0.5) is 0 Å². The molecule has 0 fully saturated rings. The monoisotopic (exact) mass is 206 g/mol. The highest BCUT2D eigenvalue weighted by atomic mass is 32.1. The molecule has 1 rings (SSSR count). The lowest BCUT2D eigenvalue weighted by Crippen LogP contribution is -2.16. The molecule has 0 amide bonds. The summed E-state index contributed by atoms with van der Waals surface area (Å²) in [4.78, 5) is 1.27. The van der Waals surface area contributed by atoms with E-state index in [9.17, 15) is 0 Å². The van der Waals surface area contributed by atoms with Gasteiger partial charge in [0.05, 0.1) is 0 Å². The average Bonchev–Trinajstić information content (AvgIpc) is 2.48. The molecule has 0 N–H and O–H groups in total. The van der Waals surface area contributed by atoms with Gasteiger partial charge in [-0.15, -0.1) is 16.9 Å². The van der Waals surface area contributed by atoms with E-state index in [2.05, 4.69) is 54.7 Å². The van der Waals surface area contributed by atoms with Crippen LogP contribution in [0.25, 0.3) is 6.08 Å². The van der Waals surface area contributed by atoms with Gasteiger partial charge in [0.2, 0.25) is 0 Å². The van der Waals surface area contributed by atoms with E-state index in [1.807, 2.05) is 6.08 Å². The Morgan fingerprint density at radius 1 is 1.38 bits per heavy atom. The maximum absolute atomic E-state index is 3.29. The van der Waals surface area contributed by atoms with Crippen molar-refractivity contribution in [3.63, 3.8) is 0 Å². The minimum Gasteiger partial charge on any atom is -0.144 e. The molecule has 0 spiro atoms. The second-order valence-electron chi connectivity index (χ2n) is 3.87. The number of rotatable bonds is 1. The molecule has 1 aromatic heterocycles. The van der Waals surface area contributed by atoms with Crippen LogP contribution in [0.5, 0.6) is 0 Å². The summed E-state index contributed by atoms with van der Waals surface area (Å²) in [5, 5.41) is 2.08. The van der Waals surface area contributed by atoms with Crippen molar-refractivity contribution in [2.45, 2.75) is 19.6 Å². The second-order valence-corrected chi connectivity index (χ2v) is 9.60. The van der Waals surface area contributed by atoms with Crippen molar-refractivity contribution in [1.82, 2.24) is 0 Å². The molecule has 0 aromatic carbocycles. The summed E-state index contributed by atoms with van der Waals surface area (Å²) in [7, 11) is -1.19. The van der Waals surface area contributed by atoms with Crippen molar-refractivity contribution in [3.8, 4) is 11.5 Å². The first-order valence-electron chi connectivity index (χ1n) is 4.31. The van der Waals surface area contributed by atoms with E-state index in [4.69, 9.17) is 0 Å². The normalized spacial score (nSPS) is 11.3. The molecule has 0 atom stereocenters. The summed E-state index contributed by atoms with van der Waals surface area (Å²) in [5.41, 5.74) is 3.29. The Morgan fingerprint density at radius 2 is 2.15 bits per heavy atom. The van der Waals surface area contributed by atoms with Crippen LogP contribution in [0.2, 0.25) is 19.6 Å². The predicted octanol–water partition coefficient (Wildman–Crippen LogP) is 3.64. The highest BCUT2D eigenvalue weighted by Crippen LogP contribution is 2.09. The van der Waals surface area contributed by atoms with Gasteiger partial charge in [0, 0.05) is 4.88 Å². The fourth-order valence-corrected chi connectivity index (χ4v) is 1.90. The fraction of sp³-hybridized carbons (Fsp3) is 0.273. The lowest BCUT2D eigenvalue weighted by atomic mass is 10.4. The van der Waals surface area contributed by atoms with E-state index >= 15 is 0 Å². The average molecular weight is 206 g/mol. The first-order chi connectivity index (χ1) is 6.08. The van der Waals surface area contributed by atoms with Gasteiger partial charge < -0.3 is 0 Å². The van der Waals surface area contributed by atoms with E-state index in [-0.39, 0.29) is 0 Å². The number of hydrogen-bond donors (Lipinski definition) is 0. The number of allylic oxidation sites excluding steroid dienone is 1. The van der Waals surface area contributed by atoms with Gasteiger partial charge in [-0.2, -0.15) is 0 Å². The maximum atomic E-state index is 3.29. The zero-order chi connectivity index (χ0) is 9.73. The zero-order valence-corrected chi connectivity index (χ0v) is 10.1. The zero-order valence-electron chi connectivity index (χ0n) is 8.29. The van der Waals surface area contributed by atoms with Crippen LogP contribution >= 0.6 is 11.3 Å². The SMILES string of the molecule is C[Si](C)(C)C#C/C=C/c1cccs1. The molecule has 0 aliphatic rings. The van der Waals surface area contributed by atoms with E-state index in [1.54, 1.807) is 11.3 Å². The van der Waals surface area contributed by atoms with Crippen LogP contribution in [-0.2, 0) is 0 Å². The second kappa shape index (κ2) is 4.45. The van der Waals surface area contributed by atoms with E-state index in [0.29, 0.717) is 0 Å². The van der Waals surface area contributed by atoms with Crippen molar-refractivity contribution < 1.29 is 0 Å². The molecule has 1 aromatic rings. The smallest absolute Gasteiger partial charge is 0.129 e. The van der Waals surface area contributed by atoms with Crippen LogP contribution in [0.15, 0.2) is 23.6 Å². The van der Waals surface area contributed by atoms with Crippen LogP contribution in [-0.4, -0.2) is 8.07 Å². The quantitative estimate of drug-likeness (QED) is 0.486. The van der Waals surface area contributed by atoms with Crippen molar-refractivity contribution in [2.75, 3.05) is 0 Å². The third-order valence-electron chi connectivity index (χ3n) is 1.32. The van der Waals surface area contributed by atoms with Crippen LogP contribution < -0.4 is 0 Å². The van der Waals surface area contributed by atoms with Crippen LogP contribution in [0.3, 0.4) is 0 Å². The van der Waals surface area contributed by atoms with Gasteiger partial charge in [0.1, 0.15) is 8.07 Å². The highest BCUT2D eigenvalue weighted by Gasteiger charge is 2.06. The minimum atomic E-state index is -1.19. The molecule has 0 nitrogen and oxygen atoms in total. The largest absolute Gasteiger partial charge is 0.144 e. The molecule has 13 heavy (non-hydrogen) atoms. The molecule has 68 valence electrons. The molecule has 1 heterocycles. The van der Waals surface area contributed by atoms with Crippen molar-refractivity contribution in [3.05, 3.63) is 28.5 Å². The molecule has 2 heteroatoms. The Bertz CT molecular complexity index is 330. The van der Waals surface area contributed by atoms with Crippen molar-refractivity contribution >= 4 is 25.5 Å². The molecule has 0 unspecified atom stereocenters. The predicted molar refractivity (Wildman–Crippen MR) is 64.5 cm³/mol. The molecular formula is C11H14SSi. The van der Waals surface area contributed by atoms with Gasteiger partial charge in [-0.05, 0) is 23.6 Å². The summed E-state index contributed by atoms with van der Waals surface area (Å²) in [6.45, 7) is 6.75. The Balaban J connectivity index is 2.55. The Morgan fingerprint density at radius 3 is 2.69 bits per heavy atom. The van der Waals surface area contributed by atoms with Crippen molar-refractivity contribution in [2.24, 2.45) is 0 Å². The number of thiophene rings is 1. The Hall–Kier alpha value is -0.783. The van der Waals surface area contributed by atoms with Gasteiger partial charge in [-0.3, -0.25) is 0 Å². The fourth-order valence-electron chi connectivity index (χ4n) is 0.768. The van der Waals surface area contributed by atoms with Gasteiger partial charge >= 0.3 is 0 Å². The molecule has 0 radical (unpaired) electrons. The molecule has 0 aliphatic heterocycles. The van der Waals surface area contributed by atoms with Gasteiger partial charge in [-0.1, -0.05) is 31.6 Å². The standard InChI is InChI=1S/C11H14SSi/c1-13(2,3)10-5-4-7-11-8-6-9-12-11/h4,6-9H,1-3H3/b7-4+. The third-order valence-corrected chi connectivity index (χ3v) is 3.05. The lowest BCUT2D eigenvalue weighted by molar-refractivity contribution is 1.81. The van der Waals surface area contributed by atoms with E-state index < -0.39 is 8.07 Å². The Labute approximate surface area is 85.3 Å². The molecule has 0 saturated carbocycles. The number of hydrogen-bond acceptors (Lipinski definition) is 1. The van der Waals surface area contributed by atoms with Gasteiger partial charge in [0.25, 0.3) is 0 Å². The first-order valence-corrected chi connectivity index (χ1v) is 8.69. The van der Waals surface area contributed by atoms with Crippen LogP contribution in [0.1, 0.15) is 4.88 Å². The van der Waals surface area contributed by atoms with E-state index in [1.165, 1.54) is 4.88 Å². The molecule has 0 bridgehead atoms. The molecule has 0 aliphatic carbocycles. The molecular weight excluding hydrogens is 192 g/mol. The van der Waals surface area contributed by atoms with Gasteiger partial charge in [0.15, 0.2) is 0 Å². The van der Waals surface area contributed by atoms with Crippen molar-refractivity contribution in [1.29, 1.82) is 0 Å². The summed E-state index contributed by atoms with van der Waals surface area (Å²) in [6, 6.07) is 4.15. The summed E-state index contributed by atoms with van der Waals surface area (Å²) < 4.78 is 0. The third kappa shape index (κ3) is 4.71. The first kappa shape index (κ1) is 10.3. The minimum absolute atomic E-state index is 1.19. The Kier molecular flexibility index (Phi) is 3.53. The van der Waals surface area contributed by atoms with Crippen LogP contribution in [0, 0.1) is 11.5 Å². The van der Waals surface area contributed by atoms with E-state index in [0.717, 1.165) is 0 Å². The lowest BCUT2D eigenvalue weighted by Gasteiger charge is -2.01. The van der Waals surface area contributed by atoms with Gasteiger partial charge in [-0.25, -0.2) is 0 Å². The summed E-state index contributed by atoms with van der Waals surface area (Å²) in [6.07, 6.45) is 4.02. The topological polar surface area (TPSA) is 0 Å².